The van der Waals surface area contributed by atoms with Crippen LogP contribution in [0, 0.1) is 0 Å². The molecule has 3 heteroatoms. The zero-order valence-corrected chi connectivity index (χ0v) is 12.0. The lowest BCUT2D eigenvalue weighted by Crippen LogP contribution is -2.40. The van der Waals surface area contributed by atoms with Crippen LogP contribution < -0.4 is 5.32 Å². The van der Waals surface area contributed by atoms with Crippen molar-refractivity contribution in [1.29, 1.82) is 0 Å². The van der Waals surface area contributed by atoms with Gasteiger partial charge in [0.2, 0.25) is 0 Å². The summed E-state index contributed by atoms with van der Waals surface area (Å²) in [7, 11) is 2.24. The quantitative estimate of drug-likeness (QED) is 0.692. The number of nitrogens with zero attached hydrogens (tertiary/aromatic N) is 1. The van der Waals surface area contributed by atoms with Gasteiger partial charge in [-0.1, -0.05) is 13.8 Å². The van der Waals surface area contributed by atoms with Crippen molar-refractivity contribution in [1.82, 2.24) is 10.2 Å². The van der Waals surface area contributed by atoms with Crippen LogP contribution in [-0.2, 0) is 0 Å². The Morgan fingerprint density at radius 2 is 1.73 bits per heavy atom. The number of nitrogens with one attached hydrogen (secondary N) is 1. The molecular weight excluding hydrogens is 204 g/mol. The minimum absolute atomic E-state index is 0.603. The van der Waals surface area contributed by atoms with E-state index in [1.54, 1.807) is 0 Å². The number of hydrogen-bond donors (Lipinski definition) is 1. The molecule has 92 valence electrons. The van der Waals surface area contributed by atoms with Gasteiger partial charge in [0.1, 0.15) is 0 Å². The molecule has 2 atom stereocenters. The van der Waals surface area contributed by atoms with Crippen LogP contribution >= 0.6 is 11.8 Å². The molecule has 0 fully saturated rings. The van der Waals surface area contributed by atoms with E-state index in [0.717, 1.165) is 6.54 Å². The molecule has 0 aromatic rings. The van der Waals surface area contributed by atoms with Gasteiger partial charge in [0.05, 0.1) is 0 Å². The maximum Gasteiger partial charge on any atom is 0.0157 e. The highest BCUT2D eigenvalue weighted by atomic mass is 32.2. The lowest BCUT2D eigenvalue weighted by Gasteiger charge is -2.30. The van der Waals surface area contributed by atoms with E-state index >= 15 is 0 Å². The number of thioether (sulfide) groups is 1. The fourth-order valence-corrected chi connectivity index (χ4v) is 2.30. The predicted molar refractivity (Wildman–Crippen MR) is 72.8 cm³/mol. The molecule has 0 aliphatic carbocycles. The van der Waals surface area contributed by atoms with E-state index in [2.05, 4.69) is 51.2 Å². The second-order valence-corrected chi connectivity index (χ2v) is 5.63. The third-order valence-electron chi connectivity index (χ3n) is 2.91. The molecular formula is C12H28N2S. The Morgan fingerprint density at radius 3 is 2.20 bits per heavy atom. The molecule has 2 unspecified atom stereocenters. The summed E-state index contributed by atoms with van der Waals surface area (Å²) in [5.74, 6) is 1.22. The highest BCUT2D eigenvalue weighted by molar-refractivity contribution is 7.98. The normalized spacial score (nSPS) is 16.0. The fourth-order valence-electron chi connectivity index (χ4n) is 1.58. The zero-order valence-electron chi connectivity index (χ0n) is 11.2. The third-order valence-corrected chi connectivity index (χ3v) is 3.73. The smallest absolute Gasteiger partial charge is 0.0157 e. The van der Waals surface area contributed by atoms with Crippen LogP contribution in [0.5, 0.6) is 0 Å². The molecule has 1 N–H and O–H groups in total. The van der Waals surface area contributed by atoms with Gasteiger partial charge >= 0.3 is 0 Å². The summed E-state index contributed by atoms with van der Waals surface area (Å²) in [4.78, 5) is 2.48. The minimum atomic E-state index is 0.603. The van der Waals surface area contributed by atoms with Crippen molar-refractivity contribution in [3.8, 4) is 0 Å². The zero-order chi connectivity index (χ0) is 11.8. The molecule has 0 heterocycles. The second kappa shape index (κ2) is 8.43. The first-order valence-corrected chi connectivity index (χ1v) is 7.32. The van der Waals surface area contributed by atoms with Gasteiger partial charge in [-0.3, -0.25) is 0 Å². The van der Waals surface area contributed by atoms with E-state index in [1.165, 1.54) is 12.2 Å². The van der Waals surface area contributed by atoms with E-state index in [1.807, 2.05) is 11.8 Å². The average molecular weight is 232 g/mol. The summed E-state index contributed by atoms with van der Waals surface area (Å²) in [5.41, 5.74) is 0. The molecule has 0 bridgehead atoms. The first-order chi connectivity index (χ1) is 6.99. The van der Waals surface area contributed by atoms with Crippen LogP contribution in [0.3, 0.4) is 0 Å². The van der Waals surface area contributed by atoms with Crippen molar-refractivity contribution < 1.29 is 0 Å². The van der Waals surface area contributed by atoms with Gasteiger partial charge in [0, 0.05) is 23.9 Å². The van der Waals surface area contributed by atoms with Crippen molar-refractivity contribution in [3.63, 3.8) is 0 Å². The summed E-state index contributed by atoms with van der Waals surface area (Å²) in [6, 6.07) is 1.94. The second-order valence-electron chi connectivity index (χ2n) is 4.72. The number of hydrogen-bond acceptors (Lipinski definition) is 3. The van der Waals surface area contributed by atoms with Crippen LogP contribution in [-0.4, -0.2) is 48.6 Å². The van der Waals surface area contributed by atoms with Gasteiger partial charge in [0.15, 0.2) is 0 Å². The highest BCUT2D eigenvalue weighted by Crippen LogP contribution is 2.09. The van der Waals surface area contributed by atoms with Gasteiger partial charge in [-0.2, -0.15) is 11.8 Å². The summed E-state index contributed by atoms with van der Waals surface area (Å²) in [5, 5.41) is 3.47. The third kappa shape index (κ3) is 7.20. The molecule has 0 saturated heterocycles. The van der Waals surface area contributed by atoms with Crippen molar-refractivity contribution in [3.05, 3.63) is 0 Å². The molecule has 0 amide bonds. The van der Waals surface area contributed by atoms with Crippen molar-refractivity contribution in [2.45, 2.75) is 52.2 Å². The Kier molecular flexibility index (Phi) is 8.58. The molecule has 0 saturated carbocycles. The van der Waals surface area contributed by atoms with Crippen LogP contribution in [0.25, 0.3) is 0 Å². The largest absolute Gasteiger partial charge is 0.314 e. The Morgan fingerprint density at radius 1 is 1.13 bits per heavy atom. The molecule has 0 aromatic heterocycles. The van der Waals surface area contributed by atoms with E-state index < -0.39 is 0 Å². The van der Waals surface area contributed by atoms with Crippen LogP contribution in [0.4, 0.5) is 0 Å². The van der Waals surface area contributed by atoms with E-state index in [9.17, 15) is 0 Å². The van der Waals surface area contributed by atoms with Crippen molar-refractivity contribution >= 4 is 11.8 Å². The summed E-state index contributed by atoms with van der Waals surface area (Å²) in [6.45, 7) is 10.1. The highest BCUT2D eigenvalue weighted by Gasteiger charge is 2.14. The molecule has 15 heavy (non-hydrogen) atoms. The first kappa shape index (κ1) is 15.3. The fraction of sp³-hybridized carbons (Fsp3) is 1.00. The minimum Gasteiger partial charge on any atom is -0.314 e. The molecule has 2 nitrogen and oxygen atoms in total. The summed E-state index contributed by atoms with van der Waals surface area (Å²) >= 11 is 1.93. The monoisotopic (exact) mass is 232 g/mol. The Hall–Kier alpha value is 0.270. The molecule has 0 spiro atoms. The molecule has 0 aromatic carbocycles. The van der Waals surface area contributed by atoms with Gasteiger partial charge in [-0.15, -0.1) is 0 Å². The maximum absolute atomic E-state index is 3.47. The number of rotatable bonds is 8. The Balaban J connectivity index is 3.72. The molecule has 0 radical (unpaired) electrons. The predicted octanol–water partition coefficient (Wildman–Crippen LogP) is 2.45. The van der Waals surface area contributed by atoms with Gasteiger partial charge in [-0.25, -0.2) is 0 Å². The molecule has 0 aliphatic heterocycles. The van der Waals surface area contributed by atoms with E-state index in [4.69, 9.17) is 0 Å². The van der Waals surface area contributed by atoms with Gasteiger partial charge < -0.3 is 10.2 Å². The SMILES string of the molecule is CSCC(C)N(C)C(C)CCNC(C)C. The first-order valence-electron chi connectivity index (χ1n) is 5.93. The summed E-state index contributed by atoms with van der Waals surface area (Å²) < 4.78 is 0. The Labute approximate surface area is 100 Å². The van der Waals surface area contributed by atoms with E-state index in [-0.39, 0.29) is 0 Å². The average Bonchev–Trinajstić information content (AvgIpc) is 2.16. The van der Waals surface area contributed by atoms with Gasteiger partial charge in [0.25, 0.3) is 0 Å². The van der Waals surface area contributed by atoms with Gasteiger partial charge in [-0.05, 0) is 40.1 Å². The van der Waals surface area contributed by atoms with Crippen molar-refractivity contribution in [2.24, 2.45) is 0 Å². The lowest BCUT2D eigenvalue weighted by atomic mass is 10.1. The van der Waals surface area contributed by atoms with Crippen LogP contribution in [0.1, 0.15) is 34.1 Å². The summed E-state index contributed by atoms with van der Waals surface area (Å²) in [6.07, 6.45) is 3.41. The topological polar surface area (TPSA) is 15.3 Å². The van der Waals surface area contributed by atoms with Crippen LogP contribution in [0.15, 0.2) is 0 Å². The van der Waals surface area contributed by atoms with E-state index in [0.29, 0.717) is 18.1 Å². The Bertz CT molecular complexity index is 151. The van der Waals surface area contributed by atoms with Crippen molar-refractivity contribution in [2.75, 3.05) is 25.6 Å². The molecule has 0 aliphatic rings. The van der Waals surface area contributed by atoms with Crippen LogP contribution in [0.2, 0.25) is 0 Å². The lowest BCUT2D eigenvalue weighted by molar-refractivity contribution is 0.200. The molecule has 0 rings (SSSR count). The maximum atomic E-state index is 3.47. The standard InChI is InChI=1S/C12H28N2S/c1-10(2)13-8-7-11(3)14(5)12(4)9-15-6/h10-13H,7-9H2,1-6H3.